The molecule has 0 aliphatic carbocycles. The summed E-state index contributed by atoms with van der Waals surface area (Å²) >= 11 is 11.7. The van der Waals surface area contributed by atoms with Crippen LogP contribution in [0.15, 0.2) is 36.7 Å². The third kappa shape index (κ3) is 4.40. The molecule has 0 aliphatic rings. The Morgan fingerprint density at radius 2 is 2.07 bits per heavy atom. The lowest BCUT2D eigenvalue weighted by Crippen LogP contribution is -2.16. The van der Waals surface area contributed by atoms with Crippen molar-refractivity contribution in [3.05, 3.63) is 52.0 Å². The van der Waals surface area contributed by atoms with Gasteiger partial charge >= 0.3 is 0 Å². The van der Waals surface area contributed by atoms with Gasteiger partial charge in [0, 0.05) is 18.0 Å². The molecule has 2 N–H and O–H groups in total. The zero-order valence-electron chi connectivity index (χ0n) is 15.0. The van der Waals surface area contributed by atoms with Gasteiger partial charge in [0.2, 0.25) is 4.77 Å². The molecule has 1 aromatic carbocycles. The summed E-state index contributed by atoms with van der Waals surface area (Å²) in [5.74, 6) is 1.82. The minimum absolute atomic E-state index is 0.461. The first-order chi connectivity index (χ1) is 13.1. The van der Waals surface area contributed by atoms with Crippen LogP contribution in [0.2, 0.25) is 5.02 Å². The average molecular weight is 406 g/mol. The molecule has 142 valence electrons. The predicted octanol–water partition coefficient (Wildman–Crippen LogP) is 4.20. The lowest BCUT2D eigenvalue weighted by molar-refractivity contribution is 0.294. The number of H-pyrrole nitrogens is 1. The minimum Gasteiger partial charge on any atom is -0.493 e. The number of pyridine rings is 1. The van der Waals surface area contributed by atoms with E-state index in [-0.39, 0.29) is 0 Å². The molecule has 0 radical (unpaired) electrons. The molecule has 0 saturated carbocycles. The molecular formula is C18H20ClN5O2S. The number of ether oxygens (including phenoxy) is 2. The van der Waals surface area contributed by atoms with Crippen molar-refractivity contribution in [3.63, 3.8) is 0 Å². The van der Waals surface area contributed by atoms with E-state index in [2.05, 4.69) is 20.6 Å². The number of halogens is 1. The molecule has 9 heteroatoms. The topological polar surface area (TPSA) is 77.0 Å². The van der Waals surface area contributed by atoms with Crippen LogP contribution in [-0.4, -0.2) is 33.6 Å². The van der Waals surface area contributed by atoms with Crippen LogP contribution in [0.25, 0.3) is 11.4 Å². The predicted molar refractivity (Wildman–Crippen MR) is 107 cm³/mol. The third-order valence-corrected chi connectivity index (χ3v) is 4.35. The Morgan fingerprint density at radius 3 is 2.78 bits per heavy atom. The molecule has 0 bridgehead atoms. The lowest BCUT2D eigenvalue weighted by atomic mass is 10.2. The molecule has 27 heavy (non-hydrogen) atoms. The van der Waals surface area contributed by atoms with E-state index in [4.69, 9.17) is 33.3 Å². The number of hydrogen-bond acceptors (Lipinski definition) is 6. The Labute approximate surface area is 167 Å². The summed E-state index contributed by atoms with van der Waals surface area (Å²) in [4.78, 5) is 4.03. The van der Waals surface area contributed by atoms with Gasteiger partial charge in [0.25, 0.3) is 0 Å². The highest BCUT2D eigenvalue weighted by molar-refractivity contribution is 7.71. The highest BCUT2D eigenvalue weighted by atomic mass is 35.5. The number of nitrogens with one attached hydrogen (secondary N) is 2. The molecule has 0 aliphatic heterocycles. The highest BCUT2D eigenvalue weighted by Crippen LogP contribution is 2.36. The maximum Gasteiger partial charge on any atom is 0.214 e. The maximum atomic E-state index is 6.38. The molecule has 0 spiro atoms. The number of methoxy groups -OCH3 is 1. The summed E-state index contributed by atoms with van der Waals surface area (Å²) in [5, 5.41) is 7.59. The van der Waals surface area contributed by atoms with E-state index in [1.165, 1.54) is 0 Å². The third-order valence-electron chi connectivity index (χ3n) is 3.79. The minimum atomic E-state index is 0.461. The Kier molecular flexibility index (Phi) is 6.31. The van der Waals surface area contributed by atoms with Gasteiger partial charge in [0.05, 0.1) is 25.3 Å². The smallest absolute Gasteiger partial charge is 0.214 e. The van der Waals surface area contributed by atoms with Crippen molar-refractivity contribution in [1.82, 2.24) is 19.9 Å². The standard InChI is InChI=1S/C18H20ClN5O2S/c1-3-8-26-16-14(19)9-12(10-15(16)25-2)11-21-24-17(22-23-18(24)27)13-4-6-20-7-5-13/h4-7,9-10,21H,3,8,11H2,1-2H3,(H,23,27). The number of benzene rings is 1. The van der Waals surface area contributed by atoms with Gasteiger partial charge in [-0.05, 0) is 48.5 Å². The number of rotatable bonds is 8. The molecule has 0 atom stereocenters. The van der Waals surface area contributed by atoms with Crippen molar-refractivity contribution in [2.24, 2.45) is 0 Å². The van der Waals surface area contributed by atoms with E-state index >= 15 is 0 Å². The van der Waals surface area contributed by atoms with Gasteiger partial charge in [-0.3, -0.25) is 4.98 Å². The Hall–Kier alpha value is -2.58. The molecular weight excluding hydrogens is 386 g/mol. The molecule has 0 fully saturated rings. The largest absolute Gasteiger partial charge is 0.493 e. The van der Waals surface area contributed by atoms with Gasteiger partial charge in [-0.25, -0.2) is 9.77 Å². The van der Waals surface area contributed by atoms with Crippen molar-refractivity contribution >= 4 is 23.8 Å². The number of aromatic nitrogens is 4. The fraction of sp³-hybridized carbons (Fsp3) is 0.278. The molecule has 7 nitrogen and oxygen atoms in total. The number of nitrogens with zero attached hydrogens (tertiary/aromatic N) is 3. The van der Waals surface area contributed by atoms with Crippen LogP contribution in [0.1, 0.15) is 18.9 Å². The van der Waals surface area contributed by atoms with E-state index < -0.39 is 0 Å². The van der Waals surface area contributed by atoms with Crippen molar-refractivity contribution in [3.8, 4) is 22.9 Å². The Bertz CT molecular complexity index is 958. The summed E-state index contributed by atoms with van der Waals surface area (Å²) < 4.78 is 13.3. The molecule has 3 rings (SSSR count). The molecule has 3 aromatic rings. The summed E-state index contributed by atoms with van der Waals surface area (Å²) in [6.07, 6.45) is 4.30. The van der Waals surface area contributed by atoms with Crippen LogP contribution in [0.4, 0.5) is 0 Å². The second kappa shape index (κ2) is 8.88. The van der Waals surface area contributed by atoms with Gasteiger partial charge < -0.3 is 14.9 Å². The van der Waals surface area contributed by atoms with Crippen molar-refractivity contribution in [1.29, 1.82) is 0 Å². The number of aromatic amines is 1. The zero-order valence-corrected chi connectivity index (χ0v) is 16.6. The van der Waals surface area contributed by atoms with E-state index in [0.29, 0.717) is 40.3 Å². The Morgan fingerprint density at radius 1 is 1.30 bits per heavy atom. The van der Waals surface area contributed by atoms with Crippen LogP contribution < -0.4 is 14.9 Å². The SMILES string of the molecule is CCCOc1c(Cl)cc(CNn2c(-c3ccncc3)n[nH]c2=S)cc1OC. The fourth-order valence-electron chi connectivity index (χ4n) is 2.53. The summed E-state index contributed by atoms with van der Waals surface area (Å²) in [5.41, 5.74) is 5.07. The molecule has 2 heterocycles. The molecule has 0 saturated heterocycles. The molecule has 2 aromatic heterocycles. The first-order valence-electron chi connectivity index (χ1n) is 8.45. The quantitative estimate of drug-likeness (QED) is 0.547. The van der Waals surface area contributed by atoms with E-state index in [1.807, 2.05) is 31.2 Å². The maximum absolute atomic E-state index is 6.38. The van der Waals surface area contributed by atoms with E-state index in [1.54, 1.807) is 24.2 Å². The zero-order chi connectivity index (χ0) is 19.2. The van der Waals surface area contributed by atoms with Gasteiger partial charge in [-0.15, -0.1) is 0 Å². The van der Waals surface area contributed by atoms with E-state index in [0.717, 1.165) is 17.5 Å². The normalized spacial score (nSPS) is 10.6. The van der Waals surface area contributed by atoms with Crippen LogP contribution in [0.5, 0.6) is 11.5 Å². The monoisotopic (exact) mass is 405 g/mol. The van der Waals surface area contributed by atoms with Crippen LogP contribution in [-0.2, 0) is 6.54 Å². The van der Waals surface area contributed by atoms with E-state index in [9.17, 15) is 0 Å². The number of hydrogen-bond donors (Lipinski definition) is 2. The molecule has 0 amide bonds. The van der Waals surface area contributed by atoms with Gasteiger partial charge in [-0.1, -0.05) is 18.5 Å². The van der Waals surface area contributed by atoms with Crippen LogP contribution in [0, 0.1) is 4.77 Å². The second-order valence-electron chi connectivity index (χ2n) is 5.72. The average Bonchev–Trinajstić information content (AvgIpc) is 3.06. The first kappa shape index (κ1) is 19.2. The highest BCUT2D eigenvalue weighted by Gasteiger charge is 2.13. The fourth-order valence-corrected chi connectivity index (χ4v) is 3.01. The molecule has 0 unspecified atom stereocenters. The summed E-state index contributed by atoms with van der Waals surface area (Å²) in [6.45, 7) is 3.08. The summed E-state index contributed by atoms with van der Waals surface area (Å²) in [7, 11) is 1.59. The lowest BCUT2D eigenvalue weighted by Gasteiger charge is -2.15. The van der Waals surface area contributed by atoms with Crippen molar-refractivity contribution < 1.29 is 9.47 Å². The summed E-state index contributed by atoms with van der Waals surface area (Å²) in [6, 6.07) is 7.46. The second-order valence-corrected chi connectivity index (χ2v) is 6.51. The van der Waals surface area contributed by atoms with Gasteiger partial charge in [-0.2, -0.15) is 5.10 Å². The Balaban J connectivity index is 1.83. The van der Waals surface area contributed by atoms with Crippen molar-refractivity contribution in [2.75, 3.05) is 19.1 Å². The van der Waals surface area contributed by atoms with Crippen molar-refractivity contribution in [2.45, 2.75) is 19.9 Å². The van der Waals surface area contributed by atoms with Gasteiger partial charge in [0.15, 0.2) is 17.3 Å². The first-order valence-corrected chi connectivity index (χ1v) is 9.23. The van der Waals surface area contributed by atoms with Crippen LogP contribution >= 0.6 is 23.8 Å². The van der Waals surface area contributed by atoms with Gasteiger partial charge in [0.1, 0.15) is 0 Å². The van der Waals surface area contributed by atoms with Crippen LogP contribution in [0.3, 0.4) is 0 Å².